The van der Waals surface area contributed by atoms with Gasteiger partial charge in [0.1, 0.15) is 11.4 Å². The lowest BCUT2D eigenvalue weighted by atomic mass is 9.57. The standard InChI is InChI=1S/C14H20O4/c1-13-7-5-9(8-11(16)17-2)12-14(13,18-12)6-3-4-10(13)15/h9,12H,3-8H2,1-2H3/t9-,12-,13-,14-/m0/s1. The van der Waals surface area contributed by atoms with Crippen LogP contribution in [0.2, 0.25) is 0 Å². The number of epoxide rings is 1. The van der Waals surface area contributed by atoms with Gasteiger partial charge in [0.25, 0.3) is 0 Å². The third-order valence-electron chi connectivity index (χ3n) is 5.34. The van der Waals surface area contributed by atoms with Crippen molar-refractivity contribution >= 4 is 11.8 Å². The molecule has 1 aliphatic heterocycles. The molecule has 1 spiro atoms. The molecular formula is C14H20O4. The summed E-state index contributed by atoms with van der Waals surface area (Å²) >= 11 is 0. The highest BCUT2D eigenvalue weighted by Gasteiger charge is 2.73. The van der Waals surface area contributed by atoms with Crippen LogP contribution in [0.25, 0.3) is 0 Å². The molecule has 0 aromatic heterocycles. The van der Waals surface area contributed by atoms with E-state index in [0.717, 1.165) is 25.7 Å². The Hall–Kier alpha value is -0.900. The van der Waals surface area contributed by atoms with Gasteiger partial charge < -0.3 is 9.47 Å². The fourth-order valence-corrected chi connectivity index (χ4v) is 4.10. The molecule has 18 heavy (non-hydrogen) atoms. The number of hydrogen-bond donors (Lipinski definition) is 0. The zero-order valence-electron chi connectivity index (χ0n) is 11.0. The van der Waals surface area contributed by atoms with E-state index < -0.39 is 0 Å². The van der Waals surface area contributed by atoms with Crippen LogP contribution < -0.4 is 0 Å². The Morgan fingerprint density at radius 3 is 3.00 bits per heavy atom. The summed E-state index contributed by atoms with van der Waals surface area (Å²) in [5.41, 5.74) is -0.554. The Morgan fingerprint density at radius 2 is 2.28 bits per heavy atom. The monoisotopic (exact) mass is 252 g/mol. The van der Waals surface area contributed by atoms with Gasteiger partial charge in [0.2, 0.25) is 0 Å². The molecule has 2 saturated carbocycles. The second-order valence-electron chi connectivity index (χ2n) is 6.12. The molecule has 3 fully saturated rings. The van der Waals surface area contributed by atoms with Gasteiger partial charge in [-0.15, -0.1) is 0 Å². The number of ketones is 1. The molecule has 1 saturated heterocycles. The molecule has 0 unspecified atom stereocenters. The first-order chi connectivity index (χ1) is 8.53. The molecule has 3 rings (SSSR count). The first-order valence-electron chi connectivity index (χ1n) is 6.81. The first-order valence-corrected chi connectivity index (χ1v) is 6.81. The number of rotatable bonds is 2. The molecule has 100 valence electrons. The maximum absolute atomic E-state index is 12.2. The molecule has 0 amide bonds. The summed E-state index contributed by atoms with van der Waals surface area (Å²) in [6.45, 7) is 2.06. The average molecular weight is 252 g/mol. The summed E-state index contributed by atoms with van der Waals surface area (Å²) in [6.07, 6.45) is 4.85. The highest BCUT2D eigenvalue weighted by atomic mass is 16.6. The zero-order chi connectivity index (χ0) is 13.0. The molecule has 3 aliphatic rings. The second-order valence-corrected chi connectivity index (χ2v) is 6.12. The fraction of sp³-hybridized carbons (Fsp3) is 0.857. The third-order valence-corrected chi connectivity index (χ3v) is 5.34. The van der Waals surface area contributed by atoms with Crippen molar-refractivity contribution in [2.45, 2.75) is 57.2 Å². The van der Waals surface area contributed by atoms with Crippen molar-refractivity contribution in [2.24, 2.45) is 11.3 Å². The number of esters is 1. The van der Waals surface area contributed by atoms with E-state index in [1.165, 1.54) is 7.11 Å². The SMILES string of the molecule is COC(=O)C[C@@H]1CC[C@@]2(C)C(=O)CCC[C@@]23O[C@@H]13. The minimum atomic E-state index is -0.303. The van der Waals surface area contributed by atoms with Gasteiger partial charge in [0.15, 0.2) is 0 Å². The van der Waals surface area contributed by atoms with Crippen molar-refractivity contribution < 1.29 is 19.1 Å². The van der Waals surface area contributed by atoms with Gasteiger partial charge >= 0.3 is 5.97 Å². The van der Waals surface area contributed by atoms with Crippen LogP contribution in [-0.2, 0) is 19.1 Å². The Kier molecular flexibility index (Phi) is 2.56. The number of Topliss-reactive ketones (excluding diaryl/α,β-unsaturated/α-hetero) is 1. The normalized spacial score (nSPS) is 46.0. The van der Waals surface area contributed by atoms with Crippen molar-refractivity contribution in [1.82, 2.24) is 0 Å². The Labute approximate surface area is 107 Å². The molecule has 2 aliphatic carbocycles. The lowest BCUT2D eigenvalue weighted by Crippen LogP contribution is -2.51. The van der Waals surface area contributed by atoms with Gasteiger partial charge in [0.05, 0.1) is 25.0 Å². The summed E-state index contributed by atoms with van der Waals surface area (Å²) in [6, 6.07) is 0. The van der Waals surface area contributed by atoms with Crippen molar-refractivity contribution in [2.75, 3.05) is 7.11 Å². The van der Waals surface area contributed by atoms with E-state index in [1.807, 2.05) is 0 Å². The van der Waals surface area contributed by atoms with Gasteiger partial charge in [-0.2, -0.15) is 0 Å². The van der Waals surface area contributed by atoms with Gasteiger partial charge in [-0.25, -0.2) is 0 Å². The second kappa shape index (κ2) is 3.80. The van der Waals surface area contributed by atoms with Crippen molar-refractivity contribution in [1.29, 1.82) is 0 Å². The highest BCUT2D eigenvalue weighted by Crippen LogP contribution is 2.65. The quantitative estimate of drug-likeness (QED) is 0.556. The first kappa shape index (κ1) is 12.2. The number of hydrogen-bond acceptors (Lipinski definition) is 4. The molecule has 0 bridgehead atoms. The maximum Gasteiger partial charge on any atom is 0.305 e. The van der Waals surface area contributed by atoms with Crippen LogP contribution in [0.5, 0.6) is 0 Å². The molecule has 0 radical (unpaired) electrons. The van der Waals surface area contributed by atoms with Gasteiger partial charge in [-0.1, -0.05) is 0 Å². The van der Waals surface area contributed by atoms with E-state index in [-0.39, 0.29) is 29.0 Å². The van der Waals surface area contributed by atoms with Crippen molar-refractivity contribution in [3.63, 3.8) is 0 Å². The predicted octanol–water partition coefficient (Wildman–Crippen LogP) is 1.86. The molecule has 4 atom stereocenters. The number of carbonyl (C=O) groups is 2. The third kappa shape index (κ3) is 1.41. The van der Waals surface area contributed by atoms with Crippen LogP contribution in [0.15, 0.2) is 0 Å². The number of methoxy groups -OCH3 is 1. The van der Waals surface area contributed by atoms with E-state index in [1.54, 1.807) is 0 Å². The van der Waals surface area contributed by atoms with Gasteiger partial charge in [-0.05, 0) is 38.5 Å². The summed E-state index contributed by atoms with van der Waals surface area (Å²) in [4.78, 5) is 23.6. The van der Waals surface area contributed by atoms with E-state index >= 15 is 0 Å². The van der Waals surface area contributed by atoms with E-state index in [2.05, 4.69) is 6.92 Å². The summed E-state index contributed by atoms with van der Waals surface area (Å²) in [5, 5.41) is 0. The minimum Gasteiger partial charge on any atom is -0.469 e. The van der Waals surface area contributed by atoms with Crippen LogP contribution in [0.3, 0.4) is 0 Å². The minimum absolute atomic E-state index is 0.0969. The fourth-order valence-electron chi connectivity index (χ4n) is 4.10. The van der Waals surface area contributed by atoms with Crippen LogP contribution >= 0.6 is 0 Å². The van der Waals surface area contributed by atoms with Crippen LogP contribution in [0, 0.1) is 11.3 Å². The van der Waals surface area contributed by atoms with Crippen molar-refractivity contribution in [3.8, 4) is 0 Å². The highest BCUT2D eigenvalue weighted by molar-refractivity contribution is 5.87. The Morgan fingerprint density at radius 1 is 1.50 bits per heavy atom. The number of ether oxygens (including phenoxy) is 2. The number of carbonyl (C=O) groups excluding carboxylic acids is 2. The van der Waals surface area contributed by atoms with E-state index in [0.29, 0.717) is 18.6 Å². The zero-order valence-corrected chi connectivity index (χ0v) is 11.0. The molecule has 4 nitrogen and oxygen atoms in total. The van der Waals surface area contributed by atoms with Gasteiger partial charge in [-0.3, -0.25) is 9.59 Å². The summed E-state index contributed by atoms with van der Waals surface area (Å²) < 4.78 is 10.7. The summed E-state index contributed by atoms with van der Waals surface area (Å²) in [5.74, 6) is 0.417. The van der Waals surface area contributed by atoms with E-state index in [4.69, 9.17) is 9.47 Å². The Balaban J connectivity index is 1.79. The van der Waals surface area contributed by atoms with E-state index in [9.17, 15) is 9.59 Å². The van der Waals surface area contributed by atoms with Crippen molar-refractivity contribution in [3.05, 3.63) is 0 Å². The molecule has 0 N–H and O–H groups in total. The Bertz CT molecular complexity index is 405. The molecule has 1 heterocycles. The van der Waals surface area contributed by atoms with Gasteiger partial charge in [0, 0.05) is 6.42 Å². The lowest BCUT2D eigenvalue weighted by molar-refractivity contribution is -0.142. The van der Waals surface area contributed by atoms with Crippen LogP contribution in [0.1, 0.15) is 45.4 Å². The van der Waals surface area contributed by atoms with Crippen LogP contribution in [0.4, 0.5) is 0 Å². The smallest absolute Gasteiger partial charge is 0.305 e. The van der Waals surface area contributed by atoms with Crippen LogP contribution in [-0.4, -0.2) is 30.6 Å². The molecule has 0 aromatic rings. The topological polar surface area (TPSA) is 55.9 Å². The summed E-state index contributed by atoms with van der Waals surface area (Å²) in [7, 11) is 1.42. The average Bonchev–Trinajstić information content (AvgIpc) is 3.08. The lowest BCUT2D eigenvalue weighted by Gasteiger charge is -2.43. The molecular weight excluding hydrogens is 232 g/mol. The maximum atomic E-state index is 12.2. The largest absolute Gasteiger partial charge is 0.469 e. The predicted molar refractivity (Wildman–Crippen MR) is 63.9 cm³/mol. The molecule has 4 heteroatoms. The molecule has 0 aromatic carbocycles.